The van der Waals surface area contributed by atoms with Gasteiger partial charge in [0.1, 0.15) is 5.82 Å². The van der Waals surface area contributed by atoms with Crippen molar-refractivity contribution in [1.82, 2.24) is 25.1 Å². The topological polar surface area (TPSA) is 93.9 Å². The van der Waals surface area contributed by atoms with E-state index in [1.54, 1.807) is 14.2 Å². The van der Waals surface area contributed by atoms with Gasteiger partial charge in [0.25, 0.3) is 0 Å². The molecule has 9 heteroatoms. The molecule has 1 aromatic carbocycles. The standard InChI is InChI=1S/C24H32N6O3/c1-16(2)23-27-26-21-9-10-22(28-30(21)23)29-13-5-6-18(15-29)24(31)25-12-11-17-7-8-19(32-3)20(14-17)33-4/h7-10,14,16,18H,5-6,11-13,15H2,1-4H3,(H,25,31)/t18-/m0/s1. The second-order valence-electron chi connectivity index (χ2n) is 8.69. The van der Waals surface area contributed by atoms with E-state index in [2.05, 4.69) is 34.3 Å². The van der Waals surface area contributed by atoms with Crippen LogP contribution in [0.1, 0.15) is 44.0 Å². The van der Waals surface area contributed by atoms with Crippen molar-refractivity contribution in [3.8, 4) is 11.5 Å². The minimum Gasteiger partial charge on any atom is -0.493 e. The average molecular weight is 453 g/mol. The average Bonchev–Trinajstić information content (AvgIpc) is 3.27. The van der Waals surface area contributed by atoms with Crippen LogP contribution in [0.3, 0.4) is 0 Å². The van der Waals surface area contributed by atoms with Crippen molar-refractivity contribution < 1.29 is 14.3 Å². The first-order valence-electron chi connectivity index (χ1n) is 11.5. The van der Waals surface area contributed by atoms with Gasteiger partial charge in [-0.3, -0.25) is 4.79 Å². The third-order valence-corrected chi connectivity index (χ3v) is 6.07. The molecule has 0 aliphatic carbocycles. The Morgan fingerprint density at radius 1 is 1.15 bits per heavy atom. The first kappa shape index (κ1) is 22.8. The van der Waals surface area contributed by atoms with Crippen LogP contribution in [0.5, 0.6) is 11.5 Å². The van der Waals surface area contributed by atoms with E-state index < -0.39 is 0 Å². The maximum Gasteiger partial charge on any atom is 0.224 e. The van der Waals surface area contributed by atoms with Crippen LogP contribution in [0.25, 0.3) is 5.65 Å². The Bertz CT molecular complexity index is 1110. The Kier molecular flexibility index (Phi) is 6.96. The SMILES string of the molecule is COc1ccc(CCNC(=O)[C@H]2CCCN(c3ccc4nnc(C(C)C)n4n3)C2)cc1OC. The summed E-state index contributed by atoms with van der Waals surface area (Å²) in [6.45, 7) is 6.27. The van der Waals surface area contributed by atoms with Gasteiger partial charge < -0.3 is 19.7 Å². The zero-order valence-corrected chi connectivity index (χ0v) is 19.7. The van der Waals surface area contributed by atoms with E-state index >= 15 is 0 Å². The second-order valence-corrected chi connectivity index (χ2v) is 8.69. The predicted molar refractivity (Wildman–Crippen MR) is 126 cm³/mol. The minimum atomic E-state index is -0.0628. The summed E-state index contributed by atoms with van der Waals surface area (Å²) in [5.74, 6) is 3.35. The summed E-state index contributed by atoms with van der Waals surface area (Å²) in [6, 6.07) is 9.73. The number of aromatic nitrogens is 4. The Labute approximate surface area is 194 Å². The van der Waals surface area contributed by atoms with Crippen molar-refractivity contribution in [2.75, 3.05) is 38.8 Å². The van der Waals surface area contributed by atoms with E-state index in [-0.39, 0.29) is 17.7 Å². The maximum atomic E-state index is 12.9. The van der Waals surface area contributed by atoms with Gasteiger partial charge in [-0.15, -0.1) is 15.3 Å². The van der Waals surface area contributed by atoms with Crippen molar-refractivity contribution in [2.24, 2.45) is 5.92 Å². The number of nitrogens with one attached hydrogen (secondary N) is 1. The summed E-state index contributed by atoms with van der Waals surface area (Å²) in [5, 5.41) is 16.3. The fraction of sp³-hybridized carbons (Fsp3) is 0.500. The highest BCUT2D eigenvalue weighted by Crippen LogP contribution is 2.28. The molecule has 1 fully saturated rings. The summed E-state index contributed by atoms with van der Waals surface area (Å²) in [7, 11) is 3.24. The second kappa shape index (κ2) is 10.1. The maximum absolute atomic E-state index is 12.9. The first-order chi connectivity index (χ1) is 16.0. The van der Waals surface area contributed by atoms with Crippen LogP contribution in [-0.4, -0.2) is 59.6 Å². The fourth-order valence-electron chi connectivity index (χ4n) is 4.23. The number of fused-ring (bicyclic) bond motifs is 1. The molecule has 1 aliphatic heterocycles. The molecule has 176 valence electrons. The van der Waals surface area contributed by atoms with Crippen LogP contribution in [0, 0.1) is 5.92 Å². The van der Waals surface area contributed by atoms with Gasteiger partial charge >= 0.3 is 0 Å². The number of hydrogen-bond acceptors (Lipinski definition) is 7. The molecule has 1 aliphatic rings. The molecule has 33 heavy (non-hydrogen) atoms. The van der Waals surface area contributed by atoms with E-state index in [0.29, 0.717) is 24.6 Å². The summed E-state index contributed by atoms with van der Waals surface area (Å²) >= 11 is 0. The molecule has 1 N–H and O–H groups in total. The number of ether oxygens (including phenoxy) is 2. The summed E-state index contributed by atoms with van der Waals surface area (Å²) in [6.07, 6.45) is 2.56. The minimum absolute atomic E-state index is 0.0628. The molecule has 1 amide bonds. The van der Waals surface area contributed by atoms with E-state index in [1.165, 1.54) is 0 Å². The van der Waals surface area contributed by atoms with E-state index in [4.69, 9.17) is 14.6 Å². The molecule has 0 bridgehead atoms. The van der Waals surface area contributed by atoms with Crippen molar-refractivity contribution in [2.45, 2.75) is 39.0 Å². The quantitative estimate of drug-likeness (QED) is 0.562. The zero-order chi connectivity index (χ0) is 23.4. The first-order valence-corrected chi connectivity index (χ1v) is 11.5. The molecule has 3 heterocycles. The normalized spacial score (nSPS) is 16.3. The van der Waals surface area contributed by atoms with Crippen molar-refractivity contribution in [1.29, 1.82) is 0 Å². The van der Waals surface area contributed by atoms with Gasteiger partial charge in [0.2, 0.25) is 5.91 Å². The molecule has 3 aromatic rings. The molecule has 2 aromatic heterocycles. The number of rotatable bonds is 8. The van der Waals surface area contributed by atoms with Gasteiger partial charge in [-0.05, 0) is 49.1 Å². The molecule has 0 spiro atoms. The zero-order valence-electron chi connectivity index (χ0n) is 19.7. The van der Waals surface area contributed by atoms with E-state index in [0.717, 1.165) is 48.7 Å². The van der Waals surface area contributed by atoms with Crippen LogP contribution >= 0.6 is 0 Å². The number of carbonyl (C=O) groups is 1. The lowest BCUT2D eigenvalue weighted by atomic mass is 9.97. The molecular weight excluding hydrogens is 420 g/mol. The fourth-order valence-corrected chi connectivity index (χ4v) is 4.23. The molecule has 9 nitrogen and oxygen atoms in total. The number of carbonyl (C=O) groups excluding carboxylic acids is 1. The third kappa shape index (κ3) is 5.02. The van der Waals surface area contributed by atoms with E-state index in [1.807, 2.05) is 34.8 Å². The van der Waals surface area contributed by atoms with Crippen LogP contribution in [-0.2, 0) is 11.2 Å². The van der Waals surface area contributed by atoms with Crippen LogP contribution in [0.2, 0.25) is 0 Å². The predicted octanol–water partition coefficient (Wildman–Crippen LogP) is 2.84. The Balaban J connectivity index is 1.36. The lowest BCUT2D eigenvalue weighted by Crippen LogP contribution is -2.44. The number of methoxy groups -OCH3 is 2. The monoisotopic (exact) mass is 452 g/mol. The lowest BCUT2D eigenvalue weighted by molar-refractivity contribution is -0.125. The van der Waals surface area contributed by atoms with Gasteiger partial charge in [0, 0.05) is 25.6 Å². The molecule has 0 unspecified atom stereocenters. The number of nitrogens with zero attached hydrogens (tertiary/aromatic N) is 5. The Hall–Kier alpha value is -3.36. The summed E-state index contributed by atoms with van der Waals surface area (Å²) < 4.78 is 12.5. The molecule has 0 radical (unpaired) electrons. The lowest BCUT2D eigenvalue weighted by Gasteiger charge is -2.32. The van der Waals surface area contributed by atoms with Crippen molar-refractivity contribution in [3.05, 3.63) is 41.7 Å². The summed E-state index contributed by atoms with van der Waals surface area (Å²) in [5.41, 5.74) is 1.83. The highest BCUT2D eigenvalue weighted by Gasteiger charge is 2.27. The Morgan fingerprint density at radius 3 is 2.73 bits per heavy atom. The molecular formula is C24H32N6O3. The van der Waals surface area contributed by atoms with Gasteiger partial charge in [0.15, 0.2) is 23.0 Å². The number of hydrogen-bond donors (Lipinski definition) is 1. The van der Waals surface area contributed by atoms with Crippen molar-refractivity contribution >= 4 is 17.4 Å². The van der Waals surface area contributed by atoms with Crippen molar-refractivity contribution in [3.63, 3.8) is 0 Å². The third-order valence-electron chi connectivity index (χ3n) is 6.07. The highest BCUT2D eigenvalue weighted by molar-refractivity contribution is 5.79. The van der Waals surface area contributed by atoms with Gasteiger partial charge in [-0.1, -0.05) is 19.9 Å². The number of benzene rings is 1. The summed E-state index contributed by atoms with van der Waals surface area (Å²) in [4.78, 5) is 15.1. The largest absolute Gasteiger partial charge is 0.493 e. The molecule has 1 saturated heterocycles. The number of amides is 1. The van der Waals surface area contributed by atoms with Gasteiger partial charge in [-0.2, -0.15) is 4.52 Å². The smallest absolute Gasteiger partial charge is 0.224 e. The Morgan fingerprint density at radius 2 is 1.97 bits per heavy atom. The van der Waals surface area contributed by atoms with Crippen LogP contribution < -0.4 is 19.7 Å². The number of anilines is 1. The van der Waals surface area contributed by atoms with E-state index in [9.17, 15) is 4.79 Å². The molecule has 0 saturated carbocycles. The highest BCUT2D eigenvalue weighted by atomic mass is 16.5. The van der Waals surface area contributed by atoms with Gasteiger partial charge in [-0.25, -0.2) is 0 Å². The van der Waals surface area contributed by atoms with Gasteiger partial charge in [0.05, 0.1) is 20.1 Å². The van der Waals surface area contributed by atoms with Crippen LogP contribution in [0.15, 0.2) is 30.3 Å². The van der Waals surface area contributed by atoms with Crippen LogP contribution in [0.4, 0.5) is 5.82 Å². The number of piperidine rings is 1. The molecule has 4 rings (SSSR count). The molecule has 1 atom stereocenters.